The van der Waals surface area contributed by atoms with E-state index in [-0.39, 0.29) is 0 Å². The molecule has 2 aliphatic rings. The summed E-state index contributed by atoms with van der Waals surface area (Å²) in [5.74, 6) is 0. The first kappa shape index (κ1) is 11.4. The van der Waals surface area contributed by atoms with Crippen LogP contribution in [-0.2, 0) is 4.74 Å². The zero-order valence-electron chi connectivity index (χ0n) is 9.87. The van der Waals surface area contributed by atoms with Gasteiger partial charge in [-0.25, -0.2) is 0 Å². The van der Waals surface area contributed by atoms with Gasteiger partial charge in [0.2, 0.25) is 0 Å². The second-order valence-electron chi connectivity index (χ2n) is 4.78. The Bertz CT molecular complexity index is 178. The van der Waals surface area contributed by atoms with Crippen LogP contribution in [0.2, 0.25) is 0 Å². The summed E-state index contributed by atoms with van der Waals surface area (Å²) in [6, 6.07) is 1.25. The second-order valence-corrected chi connectivity index (χ2v) is 4.78. The Balaban J connectivity index is 1.92. The molecule has 2 atom stereocenters. The van der Waals surface area contributed by atoms with Crippen LogP contribution in [0.15, 0.2) is 0 Å². The Morgan fingerprint density at radius 2 is 1.87 bits per heavy atom. The topological polar surface area (TPSA) is 24.5 Å². The van der Waals surface area contributed by atoms with Crippen molar-refractivity contribution in [2.24, 2.45) is 0 Å². The van der Waals surface area contributed by atoms with Gasteiger partial charge >= 0.3 is 0 Å². The predicted octanol–water partition coefficient (Wildman–Crippen LogP) is 1.24. The fraction of sp³-hybridized carbons (Fsp3) is 1.00. The molecule has 0 aromatic rings. The lowest BCUT2D eigenvalue weighted by molar-refractivity contribution is -0.000308. The van der Waals surface area contributed by atoms with Crippen LogP contribution < -0.4 is 5.32 Å². The number of likely N-dealkylation sites (N-methyl/N-ethyl adjacent to an activating group) is 1. The molecule has 15 heavy (non-hydrogen) atoms. The molecule has 2 unspecified atom stereocenters. The summed E-state index contributed by atoms with van der Waals surface area (Å²) < 4.78 is 5.63. The van der Waals surface area contributed by atoms with E-state index in [0.717, 1.165) is 19.6 Å². The monoisotopic (exact) mass is 212 g/mol. The molecule has 0 spiro atoms. The third-order valence-corrected chi connectivity index (χ3v) is 3.81. The predicted molar refractivity (Wildman–Crippen MR) is 62.1 cm³/mol. The van der Waals surface area contributed by atoms with E-state index in [9.17, 15) is 0 Å². The number of hydrogen-bond donors (Lipinski definition) is 1. The molecule has 2 saturated heterocycles. The van der Waals surface area contributed by atoms with E-state index in [1.807, 2.05) is 0 Å². The molecule has 0 radical (unpaired) electrons. The van der Waals surface area contributed by atoms with Crippen LogP contribution in [0.25, 0.3) is 0 Å². The molecule has 0 amide bonds. The van der Waals surface area contributed by atoms with E-state index >= 15 is 0 Å². The minimum Gasteiger partial charge on any atom is -0.380 e. The lowest BCUT2D eigenvalue weighted by Crippen LogP contribution is -2.54. The van der Waals surface area contributed by atoms with Crippen molar-refractivity contribution in [3.05, 3.63) is 0 Å². The van der Waals surface area contributed by atoms with Gasteiger partial charge in [0, 0.05) is 18.7 Å². The number of nitrogens with one attached hydrogen (secondary N) is 1. The molecule has 2 aliphatic heterocycles. The van der Waals surface area contributed by atoms with Gasteiger partial charge in [0.25, 0.3) is 0 Å². The molecule has 2 heterocycles. The Labute approximate surface area is 93.2 Å². The summed E-state index contributed by atoms with van der Waals surface area (Å²) in [6.07, 6.45) is 6.72. The molecule has 0 aromatic heterocycles. The van der Waals surface area contributed by atoms with Crippen molar-refractivity contribution >= 4 is 0 Å². The van der Waals surface area contributed by atoms with Crippen LogP contribution >= 0.6 is 0 Å². The molecule has 0 aromatic carbocycles. The van der Waals surface area contributed by atoms with Gasteiger partial charge in [-0.2, -0.15) is 0 Å². The average Bonchev–Trinajstić information content (AvgIpc) is 2.57. The van der Waals surface area contributed by atoms with Crippen LogP contribution in [0.1, 0.15) is 32.1 Å². The normalized spacial score (nSPS) is 35.0. The highest BCUT2D eigenvalue weighted by Crippen LogP contribution is 2.18. The van der Waals surface area contributed by atoms with E-state index < -0.39 is 0 Å². The minimum atomic E-state index is 0.613. The van der Waals surface area contributed by atoms with Gasteiger partial charge in [-0.05, 0) is 39.4 Å². The highest BCUT2D eigenvalue weighted by molar-refractivity contribution is 4.87. The van der Waals surface area contributed by atoms with Crippen LogP contribution in [0, 0.1) is 0 Å². The van der Waals surface area contributed by atoms with Crippen molar-refractivity contribution in [1.29, 1.82) is 0 Å². The van der Waals surface area contributed by atoms with E-state index in [0.29, 0.717) is 12.1 Å². The quantitative estimate of drug-likeness (QED) is 0.745. The Kier molecular flexibility index (Phi) is 4.42. The van der Waals surface area contributed by atoms with Crippen LogP contribution in [0.5, 0.6) is 0 Å². The first-order valence-electron chi connectivity index (χ1n) is 6.41. The maximum Gasteiger partial charge on any atom is 0.0637 e. The zero-order chi connectivity index (χ0) is 10.5. The maximum absolute atomic E-state index is 5.63. The third kappa shape index (κ3) is 2.92. The van der Waals surface area contributed by atoms with E-state index in [1.54, 1.807) is 0 Å². The van der Waals surface area contributed by atoms with Gasteiger partial charge in [0.05, 0.1) is 6.61 Å². The fourth-order valence-corrected chi connectivity index (χ4v) is 2.85. The van der Waals surface area contributed by atoms with Crippen LogP contribution in [0.3, 0.4) is 0 Å². The lowest BCUT2D eigenvalue weighted by Gasteiger charge is -2.39. The molecule has 0 bridgehead atoms. The smallest absolute Gasteiger partial charge is 0.0637 e. The summed E-state index contributed by atoms with van der Waals surface area (Å²) >= 11 is 0. The molecule has 3 heteroatoms. The fourth-order valence-electron chi connectivity index (χ4n) is 2.85. The number of ether oxygens (including phenoxy) is 1. The highest BCUT2D eigenvalue weighted by atomic mass is 16.5. The summed E-state index contributed by atoms with van der Waals surface area (Å²) in [5, 5.41) is 3.45. The standard InChI is InChI=1S/C12H24N2O/c1-13-11-6-9-15-10-12(11)14-7-4-2-3-5-8-14/h11-13H,2-10H2,1H3. The van der Waals surface area contributed by atoms with Gasteiger partial charge in [0.15, 0.2) is 0 Å². The average molecular weight is 212 g/mol. The number of likely N-dealkylation sites (tertiary alicyclic amines) is 1. The number of hydrogen-bond acceptors (Lipinski definition) is 3. The van der Waals surface area contributed by atoms with Gasteiger partial charge in [0.1, 0.15) is 0 Å². The highest BCUT2D eigenvalue weighted by Gasteiger charge is 2.29. The SMILES string of the molecule is CNC1CCOCC1N1CCCCCC1. The van der Waals surface area contributed by atoms with Crippen molar-refractivity contribution < 1.29 is 4.74 Å². The molecule has 0 saturated carbocycles. The molecule has 3 nitrogen and oxygen atoms in total. The molecular formula is C12H24N2O. The zero-order valence-corrected chi connectivity index (χ0v) is 9.87. The minimum absolute atomic E-state index is 0.613. The third-order valence-electron chi connectivity index (χ3n) is 3.81. The Morgan fingerprint density at radius 1 is 1.13 bits per heavy atom. The van der Waals surface area contributed by atoms with Crippen molar-refractivity contribution in [1.82, 2.24) is 10.2 Å². The van der Waals surface area contributed by atoms with Gasteiger partial charge < -0.3 is 10.1 Å². The molecule has 1 N–H and O–H groups in total. The van der Waals surface area contributed by atoms with Crippen molar-refractivity contribution in [2.75, 3.05) is 33.4 Å². The summed E-state index contributed by atoms with van der Waals surface area (Å²) in [6.45, 7) is 4.39. The van der Waals surface area contributed by atoms with Crippen LogP contribution in [0.4, 0.5) is 0 Å². The van der Waals surface area contributed by atoms with Crippen molar-refractivity contribution in [3.63, 3.8) is 0 Å². The number of nitrogens with zero attached hydrogens (tertiary/aromatic N) is 1. The van der Waals surface area contributed by atoms with Crippen molar-refractivity contribution in [3.8, 4) is 0 Å². The summed E-state index contributed by atoms with van der Waals surface area (Å²) in [5.41, 5.74) is 0. The molecule has 88 valence electrons. The Morgan fingerprint density at radius 3 is 2.53 bits per heavy atom. The van der Waals surface area contributed by atoms with Gasteiger partial charge in [-0.3, -0.25) is 4.90 Å². The number of rotatable bonds is 2. The lowest BCUT2D eigenvalue weighted by atomic mass is 10.0. The molecule has 0 aliphatic carbocycles. The summed E-state index contributed by atoms with van der Waals surface area (Å²) in [7, 11) is 2.08. The van der Waals surface area contributed by atoms with Crippen LogP contribution in [-0.4, -0.2) is 50.3 Å². The largest absolute Gasteiger partial charge is 0.380 e. The van der Waals surface area contributed by atoms with Gasteiger partial charge in [-0.15, -0.1) is 0 Å². The summed E-state index contributed by atoms with van der Waals surface area (Å²) in [4.78, 5) is 2.65. The van der Waals surface area contributed by atoms with Crippen molar-refractivity contribution in [2.45, 2.75) is 44.2 Å². The molecule has 2 rings (SSSR count). The second kappa shape index (κ2) is 5.83. The molecular weight excluding hydrogens is 188 g/mol. The first-order valence-corrected chi connectivity index (χ1v) is 6.41. The Hall–Kier alpha value is -0.120. The first-order chi connectivity index (χ1) is 7.42. The van der Waals surface area contributed by atoms with E-state index in [2.05, 4.69) is 17.3 Å². The van der Waals surface area contributed by atoms with E-state index in [4.69, 9.17) is 4.74 Å². The maximum atomic E-state index is 5.63. The van der Waals surface area contributed by atoms with E-state index in [1.165, 1.54) is 38.8 Å². The molecule has 2 fully saturated rings. The van der Waals surface area contributed by atoms with Gasteiger partial charge in [-0.1, -0.05) is 12.8 Å².